The molecular weight excluding hydrogens is 531 g/mol. The van der Waals surface area contributed by atoms with E-state index in [2.05, 4.69) is 5.32 Å². The van der Waals surface area contributed by atoms with Crippen LogP contribution in [0.15, 0.2) is 23.3 Å². The van der Waals surface area contributed by atoms with Crippen LogP contribution < -0.4 is 11.1 Å². The lowest BCUT2D eigenvalue weighted by Crippen LogP contribution is -2.64. The van der Waals surface area contributed by atoms with Crippen LogP contribution in [0, 0.1) is 11.8 Å². The van der Waals surface area contributed by atoms with Crippen molar-refractivity contribution >= 4 is 23.2 Å². The first-order chi connectivity index (χ1) is 18.8. The van der Waals surface area contributed by atoms with Crippen molar-refractivity contribution < 1.29 is 42.9 Å². The Kier molecular flexibility index (Phi) is 6.87. The van der Waals surface area contributed by atoms with Crippen LogP contribution in [-0.2, 0) is 27.0 Å². The number of hydrogen-bond acceptors (Lipinski definition) is 8. The highest BCUT2D eigenvalue weighted by atomic mass is 19.4. The van der Waals surface area contributed by atoms with Gasteiger partial charge >= 0.3 is 6.18 Å². The summed E-state index contributed by atoms with van der Waals surface area (Å²) in [4.78, 5) is 41.1. The smallest absolute Gasteiger partial charge is 0.417 e. The number of carbonyl (C=O) groups is 3. The van der Waals surface area contributed by atoms with E-state index in [-0.39, 0.29) is 29.5 Å². The minimum atomic E-state index is -4.82. The number of fused-ring (bicyclic) bond motifs is 3. The lowest BCUT2D eigenvalue weighted by molar-refractivity contribution is -0.147. The Balaban J connectivity index is 1.73. The summed E-state index contributed by atoms with van der Waals surface area (Å²) >= 11 is 0. The van der Waals surface area contributed by atoms with Crippen molar-refractivity contribution in [2.75, 3.05) is 19.6 Å². The summed E-state index contributed by atoms with van der Waals surface area (Å²) in [5, 5.41) is 36.9. The number of hydrogen-bond donors (Lipinski definition) is 5. The zero-order valence-electron chi connectivity index (χ0n) is 22.1. The molecule has 6 N–H and O–H groups in total. The Morgan fingerprint density at radius 3 is 2.45 bits per heavy atom. The van der Waals surface area contributed by atoms with Crippen LogP contribution in [0.2, 0.25) is 0 Å². The largest absolute Gasteiger partial charge is 0.507 e. The number of benzene rings is 1. The number of phenolic OH excluding ortho intramolecular Hbond substituents is 1. The van der Waals surface area contributed by atoms with Crippen LogP contribution in [0.5, 0.6) is 5.75 Å². The van der Waals surface area contributed by atoms with E-state index in [1.807, 2.05) is 0 Å². The molecule has 0 bridgehead atoms. The van der Waals surface area contributed by atoms with E-state index >= 15 is 0 Å². The number of ketones is 2. The van der Waals surface area contributed by atoms with Crippen molar-refractivity contribution in [3.05, 3.63) is 45.5 Å². The second kappa shape index (κ2) is 9.71. The standard InChI is InChI=1S/C28H32F3N3O6/c1-3-34(4-2)22-16-9-12-8-14-20(18(35)10-13(17-6-5-7-33-17)21(14)28(29,30)31)24(37)19(12)25(38)27(16,40)11-15(23(22)36)26(32)39/h10-12,16-17,22,33,35,37,40H,3-9H2,1-2H3,(H2,32,39)/t12-,16-,17-,22-,27-/m0/s1. The summed E-state index contributed by atoms with van der Waals surface area (Å²) < 4.78 is 43.8. The fraction of sp³-hybridized carbons (Fsp3) is 0.536. The lowest BCUT2D eigenvalue weighted by Gasteiger charge is -2.50. The van der Waals surface area contributed by atoms with Crippen LogP contribution >= 0.6 is 0 Å². The first-order valence-corrected chi connectivity index (χ1v) is 13.5. The Morgan fingerprint density at radius 2 is 1.90 bits per heavy atom. The van der Waals surface area contributed by atoms with Crippen molar-refractivity contribution in [3.63, 3.8) is 0 Å². The minimum absolute atomic E-state index is 0.125. The summed E-state index contributed by atoms with van der Waals surface area (Å²) in [7, 11) is 0. The van der Waals surface area contributed by atoms with Crippen LogP contribution in [-0.4, -0.2) is 69.0 Å². The van der Waals surface area contributed by atoms with E-state index in [0.717, 1.165) is 12.1 Å². The van der Waals surface area contributed by atoms with Gasteiger partial charge in [-0.15, -0.1) is 0 Å². The van der Waals surface area contributed by atoms with Gasteiger partial charge in [-0.25, -0.2) is 0 Å². The number of rotatable bonds is 5. The molecule has 1 saturated carbocycles. The molecular formula is C28H32F3N3O6. The predicted octanol–water partition coefficient (Wildman–Crippen LogP) is 2.30. The molecule has 1 saturated heterocycles. The number of aliphatic hydroxyl groups excluding tert-OH is 1. The molecule has 1 aromatic carbocycles. The van der Waals surface area contributed by atoms with Crippen molar-refractivity contribution in [3.8, 4) is 5.75 Å². The number of nitrogens with two attached hydrogens (primary N) is 1. The number of phenols is 1. The Morgan fingerprint density at radius 1 is 1.23 bits per heavy atom. The molecule has 0 spiro atoms. The normalized spacial score (nSPS) is 30.2. The number of nitrogens with zero attached hydrogens (tertiary/aromatic N) is 1. The third-order valence-electron chi connectivity index (χ3n) is 8.97. The zero-order chi connectivity index (χ0) is 29.3. The molecule has 3 aliphatic carbocycles. The van der Waals surface area contributed by atoms with Gasteiger partial charge in [0.2, 0.25) is 0 Å². The number of aromatic hydroxyl groups is 1. The number of carbonyl (C=O) groups excluding carboxylic acids is 3. The highest BCUT2D eigenvalue weighted by molar-refractivity contribution is 6.24. The number of alkyl halides is 3. The molecule has 0 radical (unpaired) electrons. The average Bonchev–Trinajstić information content (AvgIpc) is 3.41. The molecule has 5 atom stereocenters. The second-order valence-electron chi connectivity index (χ2n) is 11.0. The highest BCUT2D eigenvalue weighted by Crippen LogP contribution is 2.54. The lowest BCUT2D eigenvalue weighted by atomic mass is 9.58. The van der Waals surface area contributed by atoms with Gasteiger partial charge in [-0.1, -0.05) is 13.8 Å². The minimum Gasteiger partial charge on any atom is -0.507 e. The quantitative estimate of drug-likeness (QED) is 0.342. The zero-order valence-corrected chi connectivity index (χ0v) is 22.1. The van der Waals surface area contributed by atoms with E-state index in [9.17, 15) is 42.9 Å². The number of Topliss-reactive ketones (excluding diaryl/α,β-unsaturated/α-hetero) is 2. The number of likely N-dealkylation sites (N-methyl/N-ethyl adjacent to an activating group) is 1. The second-order valence-corrected chi connectivity index (χ2v) is 11.0. The monoisotopic (exact) mass is 563 g/mol. The van der Waals surface area contributed by atoms with E-state index in [4.69, 9.17) is 5.73 Å². The number of halogens is 3. The maximum absolute atomic E-state index is 14.6. The summed E-state index contributed by atoms with van der Waals surface area (Å²) in [5.74, 6) is -6.37. The first kappa shape index (κ1) is 28.3. The SMILES string of the molecule is CCN(CC)[C@@H]1C(=O)C(C(N)=O)=C[C@@]2(O)C(=O)C3=C(O)c4c(O)cc([C@@H]5CCCN5)c(C(F)(F)F)c4C[C@H]3C[C@@H]12. The van der Waals surface area contributed by atoms with Gasteiger partial charge in [0.15, 0.2) is 17.2 Å². The van der Waals surface area contributed by atoms with Gasteiger partial charge < -0.3 is 26.4 Å². The molecule has 40 heavy (non-hydrogen) atoms. The number of amides is 1. The van der Waals surface area contributed by atoms with E-state index < -0.39 is 81.4 Å². The number of nitrogens with one attached hydrogen (secondary N) is 1. The van der Waals surface area contributed by atoms with Crippen molar-refractivity contribution in [2.24, 2.45) is 17.6 Å². The van der Waals surface area contributed by atoms with E-state index in [0.29, 0.717) is 32.5 Å². The van der Waals surface area contributed by atoms with E-state index in [1.165, 1.54) is 0 Å². The maximum Gasteiger partial charge on any atom is 0.417 e. The summed E-state index contributed by atoms with van der Waals surface area (Å²) in [6.07, 6.45) is -3.37. The Hall–Kier alpha value is -3.22. The van der Waals surface area contributed by atoms with Crippen LogP contribution in [0.1, 0.15) is 61.4 Å². The summed E-state index contributed by atoms with van der Waals surface area (Å²) in [6.45, 7) is 4.69. The molecule has 9 nitrogen and oxygen atoms in total. The molecule has 1 aromatic rings. The van der Waals surface area contributed by atoms with Gasteiger partial charge in [-0.2, -0.15) is 13.2 Å². The molecule has 216 valence electrons. The summed E-state index contributed by atoms with van der Waals surface area (Å²) in [6, 6.07) is -0.794. The third-order valence-corrected chi connectivity index (χ3v) is 8.97. The molecule has 12 heteroatoms. The van der Waals surface area contributed by atoms with Gasteiger partial charge in [0, 0.05) is 17.5 Å². The van der Waals surface area contributed by atoms with Crippen LogP contribution in [0.4, 0.5) is 13.2 Å². The van der Waals surface area contributed by atoms with Gasteiger partial charge in [0.05, 0.1) is 22.7 Å². The third kappa shape index (κ3) is 4.07. The first-order valence-electron chi connectivity index (χ1n) is 13.5. The topological polar surface area (TPSA) is 153 Å². The Labute approximate surface area is 228 Å². The fourth-order valence-corrected chi connectivity index (χ4v) is 7.22. The van der Waals surface area contributed by atoms with Crippen molar-refractivity contribution in [1.82, 2.24) is 10.2 Å². The van der Waals surface area contributed by atoms with Crippen LogP contribution in [0.25, 0.3) is 5.76 Å². The van der Waals surface area contributed by atoms with Gasteiger partial charge in [0.25, 0.3) is 5.91 Å². The van der Waals surface area contributed by atoms with Crippen molar-refractivity contribution in [2.45, 2.75) is 63.4 Å². The number of aliphatic hydroxyl groups is 2. The van der Waals surface area contributed by atoms with Crippen molar-refractivity contribution in [1.29, 1.82) is 0 Å². The molecule has 1 aliphatic heterocycles. The van der Waals surface area contributed by atoms with E-state index in [1.54, 1.807) is 18.7 Å². The van der Waals surface area contributed by atoms with Crippen LogP contribution in [0.3, 0.4) is 0 Å². The molecule has 0 aromatic heterocycles. The molecule has 5 rings (SSSR count). The predicted molar refractivity (Wildman–Crippen MR) is 137 cm³/mol. The highest BCUT2D eigenvalue weighted by Gasteiger charge is 2.60. The van der Waals surface area contributed by atoms with Gasteiger partial charge in [-0.3, -0.25) is 19.3 Å². The Bertz CT molecular complexity index is 1360. The maximum atomic E-state index is 14.6. The molecule has 1 heterocycles. The molecule has 1 amide bonds. The summed E-state index contributed by atoms with van der Waals surface area (Å²) in [5.41, 5.74) is 0.205. The molecule has 4 aliphatic rings. The molecule has 0 unspecified atom stereocenters. The molecule has 2 fully saturated rings. The van der Waals surface area contributed by atoms with Gasteiger partial charge in [0.1, 0.15) is 11.5 Å². The number of primary amides is 1. The fourth-order valence-electron chi connectivity index (χ4n) is 7.22. The van der Waals surface area contributed by atoms with Gasteiger partial charge in [-0.05, 0) is 74.5 Å². The average molecular weight is 564 g/mol.